The van der Waals surface area contributed by atoms with Crippen molar-refractivity contribution in [1.29, 1.82) is 0 Å². The third-order valence-electron chi connectivity index (χ3n) is 4.78. The van der Waals surface area contributed by atoms with Crippen LogP contribution < -0.4 is 16.6 Å². The van der Waals surface area contributed by atoms with Crippen LogP contribution in [0.4, 0.5) is 10.2 Å². The van der Waals surface area contributed by atoms with E-state index in [9.17, 15) is 19.1 Å². The lowest BCUT2D eigenvalue weighted by molar-refractivity contribution is 0.0944. The standard InChI is InChI=1S/C20H23FN6O3/c1-20(2,3)9-26-14-7-13(12-6-10(21)8-23-16(12)22)25-27(14)19(30)15(18(26)29)17(28)24-11-4-5-11/h6-8,11,30H,4-5,9H2,1-3H3,(H2,22,23)(H,24,28). The molecule has 1 aliphatic carbocycles. The Bertz CT molecular complexity index is 1220. The minimum atomic E-state index is -0.645. The number of aromatic hydroxyl groups is 1. The van der Waals surface area contributed by atoms with Crippen LogP contribution in [0.15, 0.2) is 23.1 Å². The van der Waals surface area contributed by atoms with Crippen LogP contribution in [0.3, 0.4) is 0 Å². The molecule has 0 spiro atoms. The van der Waals surface area contributed by atoms with Gasteiger partial charge in [0.15, 0.2) is 5.56 Å². The predicted molar refractivity (Wildman–Crippen MR) is 109 cm³/mol. The number of anilines is 1. The molecule has 3 aromatic rings. The minimum Gasteiger partial charge on any atom is -0.492 e. The van der Waals surface area contributed by atoms with Gasteiger partial charge in [-0.05, 0) is 24.3 Å². The average Bonchev–Trinajstić information content (AvgIpc) is 3.34. The van der Waals surface area contributed by atoms with Gasteiger partial charge >= 0.3 is 0 Å². The van der Waals surface area contributed by atoms with Gasteiger partial charge in [-0.3, -0.25) is 14.2 Å². The van der Waals surface area contributed by atoms with Crippen LogP contribution in [0.5, 0.6) is 5.88 Å². The number of hydrogen-bond donors (Lipinski definition) is 3. The number of aromatic nitrogens is 4. The number of carbonyl (C=O) groups is 1. The molecule has 0 bridgehead atoms. The van der Waals surface area contributed by atoms with Crippen molar-refractivity contribution in [3.63, 3.8) is 0 Å². The molecule has 0 atom stereocenters. The average molecular weight is 414 g/mol. The highest BCUT2D eigenvalue weighted by Crippen LogP contribution is 2.29. The van der Waals surface area contributed by atoms with Gasteiger partial charge in [-0.1, -0.05) is 20.8 Å². The molecule has 1 aliphatic rings. The molecule has 4 N–H and O–H groups in total. The number of nitrogens with one attached hydrogen (secondary N) is 1. The Morgan fingerprint density at radius 1 is 1.37 bits per heavy atom. The Labute approximate surface area is 171 Å². The molecule has 0 aromatic carbocycles. The second-order valence-corrected chi connectivity index (χ2v) is 8.78. The highest BCUT2D eigenvalue weighted by atomic mass is 19.1. The summed E-state index contributed by atoms with van der Waals surface area (Å²) in [5.41, 5.74) is 5.26. The lowest BCUT2D eigenvalue weighted by Gasteiger charge is -2.21. The molecule has 0 radical (unpaired) electrons. The van der Waals surface area contributed by atoms with Crippen LogP contribution >= 0.6 is 0 Å². The maximum Gasteiger partial charge on any atom is 0.270 e. The molecule has 3 heterocycles. The summed E-state index contributed by atoms with van der Waals surface area (Å²) >= 11 is 0. The van der Waals surface area contributed by atoms with Crippen LogP contribution in [-0.2, 0) is 6.54 Å². The molecule has 10 heteroatoms. The second-order valence-electron chi connectivity index (χ2n) is 8.78. The zero-order valence-corrected chi connectivity index (χ0v) is 16.9. The Morgan fingerprint density at radius 3 is 2.70 bits per heavy atom. The molecule has 0 saturated heterocycles. The summed E-state index contributed by atoms with van der Waals surface area (Å²) in [4.78, 5) is 29.7. The van der Waals surface area contributed by atoms with Crippen molar-refractivity contribution in [3.8, 4) is 17.1 Å². The van der Waals surface area contributed by atoms with Gasteiger partial charge in [-0.25, -0.2) is 9.37 Å². The number of rotatable bonds is 4. The van der Waals surface area contributed by atoms with Crippen LogP contribution in [-0.4, -0.2) is 36.2 Å². The summed E-state index contributed by atoms with van der Waals surface area (Å²) in [6, 6.07) is 2.70. The molecule has 30 heavy (non-hydrogen) atoms. The van der Waals surface area contributed by atoms with Crippen molar-refractivity contribution < 1.29 is 14.3 Å². The number of pyridine rings is 1. The molecule has 0 aliphatic heterocycles. The number of nitrogens with two attached hydrogens (primary N) is 1. The SMILES string of the molecule is CC(C)(C)Cn1c(=O)c(C(=O)NC2CC2)c(O)n2nc(-c3cc(F)cnc3N)cc12. The van der Waals surface area contributed by atoms with Crippen LogP contribution in [0, 0.1) is 11.2 Å². The number of nitrogen functional groups attached to an aromatic ring is 1. The number of fused-ring (bicyclic) bond motifs is 1. The van der Waals surface area contributed by atoms with E-state index in [2.05, 4.69) is 15.4 Å². The van der Waals surface area contributed by atoms with Gasteiger partial charge in [0.25, 0.3) is 11.5 Å². The number of halogens is 1. The van der Waals surface area contributed by atoms with E-state index in [1.165, 1.54) is 16.7 Å². The van der Waals surface area contributed by atoms with E-state index in [1.54, 1.807) is 0 Å². The smallest absolute Gasteiger partial charge is 0.270 e. The quantitative estimate of drug-likeness (QED) is 0.599. The van der Waals surface area contributed by atoms with Crippen LogP contribution in [0.1, 0.15) is 44.0 Å². The summed E-state index contributed by atoms with van der Waals surface area (Å²) in [5, 5.41) is 17.8. The van der Waals surface area contributed by atoms with Gasteiger partial charge in [-0.2, -0.15) is 9.61 Å². The van der Waals surface area contributed by atoms with E-state index < -0.39 is 23.2 Å². The first-order valence-corrected chi connectivity index (χ1v) is 9.63. The third kappa shape index (κ3) is 3.60. The largest absolute Gasteiger partial charge is 0.492 e. The molecule has 4 rings (SSSR count). The molecular formula is C20H23FN6O3. The Balaban J connectivity index is 1.97. The first-order valence-electron chi connectivity index (χ1n) is 9.63. The van der Waals surface area contributed by atoms with Gasteiger partial charge in [0.05, 0.1) is 11.9 Å². The lowest BCUT2D eigenvalue weighted by Crippen LogP contribution is -2.37. The number of nitrogens with zero attached hydrogens (tertiary/aromatic N) is 4. The molecule has 1 saturated carbocycles. The summed E-state index contributed by atoms with van der Waals surface area (Å²) in [5.74, 6) is -1.77. The van der Waals surface area contributed by atoms with Crippen molar-refractivity contribution in [2.75, 3.05) is 5.73 Å². The van der Waals surface area contributed by atoms with Crippen molar-refractivity contribution >= 4 is 17.4 Å². The fourth-order valence-corrected chi connectivity index (χ4v) is 3.26. The molecule has 158 valence electrons. The molecule has 9 nitrogen and oxygen atoms in total. The molecular weight excluding hydrogens is 391 g/mol. The second kappa shape index (κ2) is 6.82. The van der Waals surface area contributed by atoms with Gasteiger partial charge < -0.3 is 16.2 Å². The predicted octanol–water partition coefficient (Wildman–Crippen LogP) is 1.92. The highest BCUT2D eigenvalue weighted by Gasteiger charge is 2.30. The molecule has 0 unspecified atom stereocenters. The molecule has 3 aromatic heterocycles. The normalized spacial score (nSPS) is 14.3. The van der Waals surface area contributed by atoms with Crippen LogP contribution in [0.25, 0.3) is 16.9 Å². The summed E-state index contributed by atoms with van der Waals surface area (Å²) < 4.78 is 16.2. The van der Waals surface area contributed by atoms with Crippen molar-refractivity contribution in [3.05, 3.63) is 40.1 Å². The number of hydrogen-bond acceptors (Lipinski definition) is 6. The summed E-state index contributed by atoms with van der Waals surface area (Å²) in [6.45, 7) is 6.09. The maximum atomic E-state index is 13.7. The first-order chi connectivity index (χ1) is 14.0. The fraction of sp³-hybridized carbons (Fsp3) is 0.400. The van der Waals surface area contributed by atoms with Gasteiger partial charge in [0.2, 0.25) is 5.88 Å². The van der Waals surface area contributed by atoms with Crippen LogP contribution in [0.2, 0.25) is 0 Å². The van der Waals surface area contributed by atoms with Crippen molar-refractivity contribution in [2.24, 2.45) is 5.41 Å². The van der Waals surface area contributed by atoms with E-state index in [-0.39, 0.29) is 46.3 Å². The van der Waals surface area contributed by atoms with E-state index in [0.717, 1.165) is 23.6 Å². The van der Waals surface area contributed by atoms with Gasteiger partial charge in [-0.15, -0.1) is 0 Å². The minimum absolute atomic E-state index is 0.00871. The Hall–Kier alpha value is -3.43. The highest BCUT2D eigenvalue weighted by molar-refractivity contribution is 5.96. The molecule has 1 amide bonds. The first kappa shape index (κ1) is 19.9. The summed E-state index contributed by atoms with van der Waals surface area (Å²) in [6.07, 6.45) is 2.66. The van der Waals surface area contributed by atoms with Crippen molar-refractivity contribution in [2.45, 2.75) is 46.2 Å². The van der Waals surface area contributed by atoms with Gasteiger partial charge in [0, 0.05) is 24.2 Å². The fourth-order valence-electron chi connectivity index (χ4n) is 3.26. The molecule has 1 fully saturated rings. The zero-order chi connectivity index (χ0) is 21.8. The zero-order valence-electron chi connectivity index (χ0n) is 16.9. The summed E-state index contributed by atoms with van der Waals surface area (Å²) in [7, 11) is 0. The lowest BCUT2D eigenvalue weighted by atomic mass is 9.97. The monoisotopic (exact) mass is 414 g/mol. The van der Waals surface area contributed by atoms with Gasteiger partial charge in [0.1, 0.15) is 17.3 Å². The topological polar surface area (TPSA) is 128 Å². The van der Waals surface area contributed by atoms with Crippen molar-refractivity contribution in [1.82, 2.24) is 24.5 Å². The maximum absolute atomic E-state index is 13.7. The Kier molecular flexibility index (Phi) is 4.52. The van der Waals surface area contributed by atoms with E-state index in [0.29, 0.717) is 0 Å². The van der Waals surface area contributed by atoms with E-state index in [4.69, 9.17) is 5.73 Å². The third-order valence-corrected chi connectivity index (χ3v) is 4.78. The van der Waals surface area contributed by atoms with E-state index in [1.807, 2.05) is 20.8 Å². The Morgan fingerprint density at radius 2 is 2.07 bits per heavy atom. The number of carbonyl (C=O) groups excluding carboxylic acids is 1. The number of amides is 1. The van der Waals surface area contributed by atoms with E-state index >= 15 is 0 Å².